The highest BCUT2D eigenvalue weighted by atomic mass is 16.7. The molecule has 3 fully saturated rings. The SMILES string of the molecule is CCC1CCC(C)C(C2C(NC(=O)OC(C)(C)C)CC(NC(=O)N(CCNC(=O)OCc3ccccc3)OC(=O)c3ccccc3)C(OC3OC(CO)C(O)CC3O)C2O)O1. The number of amides is 4. The number of rotatable bonds is 13. The summed E-state index contributed by atoms with van der Waals surface area (Å²) in [5, 5.41) is 52.8. The Kier molecular flexibility index (Phi) is 17.1. The Hall–Kier alpha value is -4.56. The van der Waals surface area contributed by atoms with Crippen LogP contribution in [0.15, 0.2) is 60.7 Å². The zero-order valence-electron chi connectivity index (χ0n) is 35.4. The molecule has 18 nitrogen and oxygen atoms in total. The van der Waals surface area contributed by atoms with E-state index in [2.05, 4.69) is 16.0 Å². The van der Waals surface area contributed by atoms with Gasteiger partial charge in [0.2, 0.25) is 0 Å². The summed E-state index contributed by atoms with van der Waals surface area (Å²) < 4.78 is 29.6. The molecule has 5 rings (SSSR count). The molecular formula is C43H62N4O14. The number of aliphatic hydroxyl groups excluding tert-OH is 4. The number of urea groups is 1. The maximum Gasteiger partial charge on any atom is 0.407 e. The van der Waals surface area contributed by atoms with Crippen LogP contribution in [0.3, 0.4) is 0 Å². The molecule has 338 valence electrons. The van der Waals surface area contributed by atoms with Gasteiger partial charge in [0.1, 0.15) is 30.5 Å². The number of ether oxygens (including phenoxy) is 5. The summed E-state index contributed by atoms with van der Waals surface area (Å²) in [4.78, 5) is 59.2. The normalized spacial score (nSPS) is 30.3. The number of hydroxylamine groups is 2. The summed E-state index contributed by atoms with van der Waals surface area (Å²) in [5.41, 5.74) is 0.0133. The smallest absolute Gasteiger partial charge is 0.407 e. The van der Waals surface area contributed by atoms with Crippen molar-refractivity contribution < 1.29 is 68.1 Å². The van der Waals surface area contributed by atoms with Gasteiger partial charge in [-0.05, 0) is 70.1 Å². The summed E-state index contributed by atoms with van der Waals surface area (Å²) in [6.07, 6.45) is -8.37. The molecule has 1 aliphatic carbocycles. The Labute approximate surface area is 356 Å². The molecule has 61 heavy (non-hydrogen) atoms. The van der Waals surface area contributed by atoms with Crippen LogP contribution in [0.2, 0.25) is 0 Å². The van der Waals surface area contributed by atoms with Gasteiger partial charge in [-0.1, -0.05) is 62.4 Å². The largest absolute Gasteiger partial charge is 0.445 e. The molecule has 7 N–H and O–H groups in total. The van der Waals surface area contributed by atoms with E-state index in [1.54, 1.807) is 63.2 Å². The molecule has 2 aromatic rings. The molecule has 0 radical (unpaired) electrons. The van der Waals surface area contributed by atoms with Crippen molar-refractivity contribution in [1.29, 1.82) is 0 Å². The first kappa shape index (κ1) is 47.5. The van der Waals surface area contributed by atoms with Crippen LogP contribution in [0.5, 0.6) is 0 Å². The second kappa shape index (κ2) is 22.0. The molecule has 4 amide bonds. The number of carbonyl (C=O) groups excluding carboxylic acids is 4. The van der Waals surface area contributed by atoms with Crippen LogP contribution < -0.4 is 16.0 Å². The summed E-state index contributed by atoms with van der Waals surface area (Å²) >= 11 is 0. The van der Waals surface area contributed by atoms with Crippen molar-refractivity contribution in [2.45, 2.75) is 140 Å². The van der Waals surface area contributed by atoms with Gasteiger partial charge < -0.3 is 64.9 Å². The minimum Gasteiger partial charge on any atom is -0.445 e. The van der Waals surface area contributed by atoms with E-state index in [1.165, 1.54) is 12.1 Å². The molecule has 2 aromatic carbocycles. The number of alkyl carbamates (subject to hydrolysis) is 2. The van der Waals surface area contributed by atoms with Gasteiger partial charge in [0, 0.05) is 24.9 Å². The van der Waals surface area contributed by atoms with Crippen molar-refractivity contribution in [3.63, 3.8) is 0 Å². The molecule has 0 aromatic heterocycles. The van der Waals surface area contributed by atoms with E-state index in [1.807, 2.05) is 19.9 Å². The minimum atomic E-state index is -1.50. The molecule has 1 saturated carbocycles. The summed E-state index contributed by atoms with van der Waals surface area (Å²) in [5.74, 6) is -1.81. The second-order valence-electron chi connectivity index (χ2n) is 16.8. The fourth-order valence-corrected chi connectivity index (χ4v) is 7.91. The fraction of sp³-hybridized carbons (Fsp3) is 0.628. The number of benzene rings is 2. The lowest BCUT2D eigenvalue weighted by molar-refractivity contribution is -0.302. The van der Waals surface area contributed by atoms with E-state index in [9.17, 15) is 39.6 Å². The second-order valence-corrected chi connectivity index (χ2v) is 16.8. The third kappa shape index (κ3) is 13.5. The maximum atomic E-state index is 14.3. The molecule has 2 saturated heterocycles. The molecule has 12 atom stereocenters. The summed E-state index contributed by atoms with van der Waals surface area (Å²) in [6.45, 7) is 7.93. The van der Waals surface area contributed by atoms with Crippen LogP contribution in [0.1, 0.15) is 82.6 Å². The van der Waals surface area contributed by atoms with E-state index in [-0.39, 0.29) is 50.1 Å². The molecule has 3 aliphatic rings. The minimum absolute atomic E-state index is 0.00799. The molecule has 2 heterocycles. The van der Waals surface area contributed by atoms with E-state index in [4.69, 9.17) is 28.5 Å². The first-order valence-corrected chi connectivity index (χ1v) is 21.0. The summed E-state index contributed by atoms with van der Waals surface area (Å²) in [7, 11) is 0. The standard InChI is InChI=1S/C43H62N4O14/c1-6-28-18-17-25(2)36(57-28)34-29(46-42(55)60-43(3,4)5)21-30(37(35(34)51)59-39-32(50)22-31(49)33(23-48)58-39)45-40(53)47(61-38(52)27-15-11-8-12-16-27)20-19-44-41(54)56-24-26-13-9-7-10-14-26/h7-16,25,28-37,39,48-51H,6,17-24H2,1-5H3,(H,44,54)(H,45,53)(H,46,55). The van der Waals surface area contributed by atoms with Crippen LogP contribution in [-0.4, -0.2) is 136 Å². The average molecular weight is 859 g/mol. The topological polar surface area (TPSA) is 244 Å². The lowest BCUT2D eigenvalue weighted by atomic mass is 9.70. The third-order valence-electron chi connectivity index (χ3n) is 11.0. The van der Waals surface area contributed by atoms with Crippen molar-refractivity contribution in [2.24, 2.45) is 11.8 Å². The van der Waals surface area contributed by atoms with Crippen molar-refractivity contribution in [3.05, 3.63) is 71.8 Å². The monoisotopic (exact) mass is 858 g/mol. The predicted octanol–water partition coefficient (Wildman–Crippen LogP) is 3.15. The molecule has 0 bridgehead atoms. The van der Waals surface area contributed by atoms with Gasteiger partial charge in [0.25, 0.3) is 0 Å². The van der Waals surface area contributed by atoms with E-state index < -0.39 is 97.3 Å². The quantitative estimate of drug-likeness (QED) is 0.143. The molecule has 18 heteroatoms. The first-order valence-electron chi connectivity index (χ1n) is 21.0. The van der Waals surface area contributed by atoms with Gasteiger partial charge >= 0.3 is 24.2 Å². The number of nitrogens with zero attached hydrogens (tertiary/aromatic N) is 1. The molecule has 12 unspecified atom stereocenters. The number of aliphatic hydroxyl groups is 4. The van der Waals surface area contributed by atoms with Gasteiger partial charge in [0.05, 0.1) is 49.2 Å². The Morgan fingerprint density at radius 3 is 2.21 bits per heavy atom. The van der Waals surface area contributed by atoms with E-state index >= 15 is 0 Å². The highest BCUT2D eigenvalue weighted by Gasteiger charge is 2.53. The Morgan fingerprint density at radius 1 is 0.869 bits per heavy atom. The van der Waals surface area contributed by atoms with Crippen LogP contribution in [0.25, 0.3) is 0 Å². The zero-order valence-corrected chi connectivity index (χ0v) is 35.4. The highest BCUT2D eigenvalue weighted by Crippen LogP contribution is 2.40. The van der Waals surface area contributed by atoms with Gasteiger partial charge in [-0.3, -0.25) is 0 Å². The molecule has 2 aliphatic heterocycles. The predicted molar refractivity (Wildman–Crippen MR) is 217 cm³/mol. The van der Waals surface area contributed by atoms with Crippen LogP contribution in [0.4, 0.5) is 14.4 Å². The van der Waals surface area contributed by atoms with Gasteiger partial charge in [-0.25, -0.2) is 19.2 Å². The Bertz CT molecular complexity index is 1720. The fourth-order valence-electron chi connectivity index (χ4n) is 7.91. The molecule has 0 spiro atoms. The lowest BCUT2D eigenvalue weighted by Gasteiger charge is -2.51. The van der Waals surface area contributed by atoms with Crippen LogP contribution in [-0.2, 0) is 35.1 Å². The van der Waals surface area contributed by atoms with Gasteiger partial charge in [0.15, 0.2) is 6.29 Å². The lowest BCUT2D eigenvalue weighted by Crippen LogP contribution is -2.68. The van der Waals surface area contributed by atoms with Crippen LogP contribution in [0, 0.1) is 11.8 Å². The zero-order chi connectivity index (χ0) is 44.3. The maximum absolute atomic E-state index is 14.3. The Morgan fingerprint density at radius 2 is 1.56 bits per heavy atom. The Balaban J connectivity index is 1.44. The number of carbonyl (C=O) groups is 4. The highest BCUT2D eigenvalue weighted by molar-refractivity contribution is 5.90. The summed E-state index contributed by atoms with van der Waals surface area (Å²) in [6, 6.07) is 13.9. The number of nitrogens with one attached hydrogen (secondary N) is 3. The third-order valence-corrected chi connectivity index (χ3v) is 11.0. The van der Waals surface area contributed by atoms with Crippen molar-refractivity contribution in [3.8, 4) is 0 Å². The van der Waals surface area contributed by atoms with E-state index in [0.29, 0.717) is 11.5 Å². The first-order chi connectivity index (χ1) is 29.1. The average Bonchev–Trinajstić information content (AvgIpc) is 3.22. The van der Waals surface area contributed by atoms with Crippen LogP contribution >= 0.6 is 0 Å². The van der Waals surface area contributed by atoms with Gasteiger partial charge in [-0.2, -0.15) is 5.06 Å². The van der Waals surface area contributed by atoms with Gasteiger partial charge in [-0.15, -0.1) is 0 Å². The number of hydrogen-bond donors (Lipinski definition) is 7. The van der Waals surface area contributed by atoms with Crippen molar-refractivity contribution >= 4 is 24.2 Å². The molecular weight excluding hydrogens is 796 g/mol. The van der Waals surface area contributed by atoms with Crippen molar-refractivity contribution in [1.82, 2.24) is 21.0 Å². The number of hydrogen-bond acceptors (Lipinski definition) is 14. The van der Waals surface area contributed by atoms with E-state index in [0.717, 1.165) is 18.4 Å². The van der Waals surface area contributed by atoms with Crippen molar-refractivity contribution in [2.75, 3.05) is 19.7 Å².